The lowest BCUT2D eigenvalue weighted by molar-refractivity contribution is -0.138. The smallest absolute Gasteiger partial charge is 0.338 e. The third-order valence-electron chi connectivity index (χ3n) is 6.31. The van der Waals surface area contributed by atoms with Crippen LogP contribution >= 0.6 is 22.9 Å². The molecule has 2 heterocycles. The summed E-state index contributed by atoms with van der Waals surface area (Å²) >= 11 is 7.30. The molecule has 0 saturated heterocycles. The molecule has 0 amide bonds. The van der Waals surface area contributed by atoms with Gasteiger partial charge in [-0.1, -0.05) is 61.6 Å². The monoisotopic (exact) mass is 584 g/mol. The van der Waals surface area contributed by atoms with E-state index in [2.05, 4.69) is 25.4 Å². The number of fused-ring (bicyclic) bond motifs is 1. The molecule has 0 bridgehead atoms. The van der Waals surface area contributed by atoms with Crippen molar-refractivity contribution in [2.24, 2.45) is 10.9 Å². The first-order valence-corrected chi connectivity index (χ1v) is 13.9. The zero-order valence-corrected chi connectivity index (χ0v) is 24.3. The van der Waals surface area contributed by atoms with Gasteiger partial charge in [0, 0.05) is 5.56 Å². The zero-order chi connectivity index (χ0) is 29.0. The van der Waals surface area contributed by atoms with Crippen LogP contribution in [0.2, 0.25) is 5.02 Å². The molecular weight excluding hydrogens is 555 g/mol. The lowest BCUT2D eigenvalue weighted by atomic mass is 9.95. The van der Waals surface area contributed by atoms with E-state index in [0.29, 0.717) is 40.1 Å². The number of nitrogens with zero attached hydrogens (tertiary/aromatic N) is 2. The van der Waals surface area contributed by atoms with Gasteiger partial charge in [0.25, 0.3) is 5.56 Å². The molecule has 0 N–H and O–H groups in total. The second-order valence-electron chi connectivity index (χ2n) is 9.55. The number of hydrogen-bond donors (Lipinski definition) is 0. The maximum Gasteiger partial charge on any atom is 0.338 e. The maximum atomic E-state index is 14.5. The Morgan fingerprint density at radius 3 is 2.73 bits per heavy atom. The largest absolute Gasteiger partial charge is 0.493 e. The number of hydrogen-bond acceptors (Lipinski definition) is 7. The van der Waals surface area contributed by atoms with Gasteiger partial charge >= 0.3 is 5.97 Å². The number of aromatic nitrogens is 1. The van der Waals surface area contributed by atoms with Gasteiger partial charge in [-0.3, -0.25) is 9.36 Å². The van der Waals surface area contributed by atoms with E-state index < -0.39 is 23.4 Å². The third-order valence-corrected chi connectivity index (χ3v) is 7.62. The summed E-state index contributed by atoms with van der Waals surface area (Å²) in [6.07, 6.45) is 3.73. The Morgan fingerprint density at radius 1 is 1.27 bits per heavy atom. The van der Waals surface area contributed by atoms with Crippen molar-refractivity contribution in [3.05, 3.63) is 102 Å². The molecule has 1 unspecified atom stereocenters. The van der Waals surface area contributed by atoms with Crippen LogP contribution < -0.4 is 24.4 Å². The van der Waals surface area contributed by atoms with Crippen molar-refractivity contribution in [2.75, 3.05) is 20.3 Å². The fourth-order valence-corrected chi connectivity index (χ4v) is 5.51. The third kappa shape index (κ3) is 6.05. The Hall–Kier alpha value is -3.69. The highest BCUT2D eigenvalue weighted by molar-refractivity contribution is 7.07. The van der Waals surface area contributed by atoms with Crippen LogP contribution in [0.5, 0.6) is 11.5 Å². The minimum absolute atomic E-state index is 0.00944. The summed E-state index contributed by atoms with van der Waals surface area (Å²) in [7, 11) is 1.53. The van der Waals surface area contributed by atoms with Crippen molar-refractivity contribution in [1.82, 2.24) is 4.57 Å². The number of esters is 1. The molecule has 210 valence electrons. The van der Waals surface area contributed by atoms with Crippen molar-refractivity contribution in [3.63, 3.8) is 0 Å². The molecule has 0 fully saturated rings. The Bertz CT molecular complexity index is 1640. The predicted molar refractivity (Wildman–Crippen MR) is 154 cm³/mol. The number of halogens is 2. The number of thiazole rings is 1. The Morgan fingerprint density at radius 2 is 2.05 bits per heavy atom. The molecule has 1 atom stereocenters. The van der Waals surface area contributed by atoms with Gasteiger partial charge < -0.3 is 14.2 Å². The van der Waals surface area contributed by atoms with E-state index in [-0.39, 0.29) is 27.3 Å². The topological polar surface area (TPSA) is 79.1 Å². The number of carbonyl (C=O) groups excluding carboxylic acids is 1. The summed E-state index contributed by atoms with van der Waals surface area (Å²) in [5.41, 5.74) is 0.819. The molecular formula is C30H30ClFN2O5S. The van der Waals surface area contributed by atoms with E-state index >= 15 is 0 Å². The van der Waals surface area contributed by atoms with Crippen LogP contribution in [0.25, 0.3) is 6.08 Å². The van der Waals surface area contributed by atoms with Gasteiger partial charge in [-0.15, -0.1) is 0 Å². The maximum absolute atomic E-state index is 14.5. The molecule has 1 aliphatic heterocycles. The molecule has 7 nitrogen and oxygen atoms in total. The molecule has 10 heteroatoms. The molecule has 0 radical (unpaired) electrons. The van der Waals surface area contributed by atoms with Crippen LogP contribution in [-0.2, 0) is 9.53 Å². The summed E-state index contributed by atoms with van der Waals surface area (Å²) in [6.45, 7) is 10.0. The summed E-state index contributed by atoms with van der Waals surface area (Å²) in [4.78, 5) is 32.0. The van der Waals surface area contributed by atoms with Crippen molar-refractivity contribution < 1.29 is 23.4 Å². The van der Waals surface area contributed by atoms with Crippen LogP contribution in [-0.4, -0.2) is 30.9 Å². The molecule has 4 rings (SSSR count). The lowest BCUT2D eigenvalue weighted by Crippen LogP contribution is -2.40. The van der Waals surface area contributed by atoms with Gasteiger partial charge in [0.15, 0.2) is 16.3 Å². The quantitative estimate of drug-likeness (QED) is 0.242. The number of ether oxygens (including phenoxy) is 3. The average Bonchev–Trinajstić information content (AvgIpc) is 3.22. The molecule has 2 aromatic carbocycles. The predicted octanol–water partition coefficient (Wildman–Crippen LogP) is 5.19. The minimum Gasteiger partial charge on any atom is -0.493 e. The van der Waals surface area contributed by atoms with E-state index in [1.807, 2.05) is 0 Å². The fourth-order valence-electron chi connectivity index (χ4n) is 4.27. The number of methoxy groups -OCH3 is 1. The molecule has 0 spiro atoms. The van der Waals surface area contributed by atoms with Gasteiger partial charge in [-0.05, 0) is 55.2 Å². The number of benzene rings is 2. The van der Waals surface area contributed by atoms with E-state index in [1.54, 1.807) is 31.2 Å². The Kier molecular flexibility index (Phi) is 9.27. The molecule has 0 aliphatic carbocycles. The second-order valence-corrected chi connectivity index (χ2v) is 11.0. The van der Waals surface area contributed by atoms with Gasteiger partial charge in [0.05, 0.1) is 40.6 Å². The van der Waals surface area contributed by atoms with E-state index in [0.717, 1.165) is 17.8 Å². The van der Waals surface area contributed by atoms with E-state index in [4.69, 9.17) is 25.8 Å². The second kappa shape index (κ2) is 12.7. The molecule has 0 saturated carbocycles. The highest BCUT2D eigenvalue weighted by Gasteiger charge is 2.34. The number of rotatable bonds is 10. The zero-order valence-electron chi connectivity index (χ0n) is 22.7. The van der Waals surface area contributed by atoms with Crippen LogP contribution in [0.4, 0.5) is 4.39 Å². The highest BCUT2D eigenvalue weighted by atomic mass is 35.5. The van der Waals surface area contributed by atoms with Gasteiger partial charge in [0.1, 0.15) is 12.4 Å². The summed E-state index contributed by atoms with van der Waals surface area (Å²) in [5.74, 6) is 0.286. The summed E-state index contributed by atoms with van der Waals surface area (Å²) in [6, 6.07) is 8.70. The number of carbonyl (C=O) groups is 1. The van der Waals surface area contributed by atoms with Crippen molar-refractivity contribution in [2.45, 2.75) is 33.2 Å². The average molecular weight is 585 g/mol. The van der Waals surface area contributed by atoms with Crippen molar-refractivity contribution in [3.8, 4) is 11.5 Å². The fraction of sp³-hybridized carbons (Fsp3) is 0.300. The van der Waals surface area contributed by atoms with Crippen LogP contribution in [0.3, 0.4) is 0 Å². The molecule has 40 heavy (non-hydrogen) atoms. The van der Waals surface area contributed by atoms with Crippen molar-refractivity contribution >= 4 is 35.0 Å². The summed E-state index contributed by atoms with van der Waals surface area (Å²) in [5, 5.41) is 0.171. The van der Waals surface area contributed by atoms with E-state index in [9.17, 15) is 14.0 Å². The lowest BCUT2D eigenvalue weighted by Gasteiger charge is -2.25. The summed E-state index contributed by atoms with van der Waals surface area (Å²) < 4.78 is 33.1. The van der Waals surface area contributed by atoms with Crippen LogP contribution in [0, 0.1) is 11.7 Å². The first-order chi connectivity index (χ1) is 19.2. The first-order valence-electron chi connectivity index (χ1n) is 12.7. The van der Waals surface area contributed by atoms with Gasteiger partial charge in [0.2, 0.25) is 0 Å². The normalized spacial score (nSPS) is 15.1. The minimum atomic E-state index is -0.884. The Labute approximate surface area is 240 Å². The van der Waals surface area contributed by atoms with Crippen LogP contribution in [0.1, 0.15) is 44.4 Å². The van der Waals surface area contributed by atoms with Gasteiger partial charge in [-0.25, -0.2) is 14.2 Å². The molecule has 1 aliphatic rings. The Balaban J connectivity index is 1.90. The SMILES string of the molecule is C=CCOC(=O)C1=C(C)N=c2sc(=Cc3c(F)cccc3Cl)c(=O)n2C1c1ccc(OCCC(C)C)c(OC)c1. The van der Waals surface area contributed by atoms with Crippen molar-refractivity contribution in [1.29, 1.82) is 0 Å². The van der Waals surface area contributed by atoms with Gasteiger partial charge in [-0.2, -0.15) is 0 Å². The first kappa shape index (κ1) is 29.3. The standard InChI is InChI=1S/C30H30ClFN2O5S/c1-6-13-39-29(36)26-18(4)33-30-34(28(35)25(40-30)16-20-21(31)8-7-9-22(20)32)27(26)19-10-11-23(24(15-19)37-5)38-14-12-17(2)3/h6-11,15-17,27H,1,12-14H2,2-5H3. The highest BCUT2D eigenvalue weighted by Crippen LogP contribution is 2.36. The molecule has 1 aromatic heterocycles. The number of allylic oxidation sites excluding steroid dienone is 1. The van der Waals surface area contributed by atoms with E-state index in [1.165, 1.54) is 36.0 Å². The van der Waals surface area contributed by atoms with Crippen LogP contribution in [0.15, 0.2) is 70.1 Å². The molecule has 3 aromatic rings.